The van der Waals surface area contributed by atoms with E-state index < -0.39 is 34.5 Å². The van der Waals surface area contributed by atoms with E-state index in [2.05, 4.69) is 0 Å². The Morgan fingerprint density at radius 2 is 1.89 bits per heavy atom. The van der Waals surface area contributed by atoms with E-state index in [1.807, 2.05) is 0 Å². The predicted molar refractivity (Wildman–Crippen MR) is 65.2 cm³/mol. The average molecular weight is 304 g/mol. The number of nitrogens with two attached hydrogens (primary N) is 1. The molecule has 0 saturated carbocycles. The molecular formula is C10H19F3N2O3S. The molecule has 0 aromatic heterocycles. The molecule has 19 heavy (non-hydrogen) atoms. The lowest BCUT2D eigenvalue weighted by Crippen LogP contribution is -2.48. The maximum Gasteiger partial charge on any atom is 0.406 e. The van der Waals surface area contributed by atoms with Gasteiger partial charge in [-0.3, -0.25) is 4.79 Å². The van der Waals surface area contributed by atoms with Gasteiger partial charge >= 0.3 is 6.18 Å². The lowest BCUT2D eigenvalue weighted by Gasteiger charge is -2.26. The summed E-state index contributed by atoms with van der Waals surface area (Å²) in [5.74, 6) is -1.20. The number of hydrogen-bond acceptors (Lipinski definition) is 4. The van der Waals surface area contributed by atoms with Crippen LogP contribution >= 0.6 is 0 Å². The second kappa shape index (κ2) is 7.09. The molecule has 0 rings (SSSR count). The van der Waals surface area contributed by atoms with Crippen molar-refractivity contribution in [2.24, 2.45) is 5.73 Å². The summed E-state index contributed by atoms with van der Waals surface area (Å²) >= 11 is 0. The summed E-state index contributed by atoms with van der Waals surface area (Å²) < 4.78 is 58.7. The molecule has 0 aromatic carbocycles. The van der Waals surface area contributed by atoms with Gasteiger partial charge in [-0.2, -0.15) is 13.2 Å². The van der Waals surface area contributed by atoms with Gasteiger partial charge in [0.1, 0.15) is 16.4 Å². The summed E-state index contributed by atoms with van der Waals surface area (Å²) in [5.41, 5.74) is 5.45. The zero-order valence-corrected chi connectivity index (χ0v) is 11.7. The summed E-state index contributed by atoms with van der Waals surface area (Å²) in [6, 6.07) is -1.23. The average Bonchev–Trinajstić information content (AvgIpc) is 2.21. The molecule has 1 unspecified atom stereocenters. The van der Waals surface area contributed by atoms with Gasteiger partial charge in [0, 0.05) is 12.8 Å². The molecule has 0 aliphatic rings. The Bertz CT molecular complexity index is 395. The molecule has 114 valence electrons. The molecule has 0 aliphatic carbocycles. The first-order valence-electron chi connectivity index (χ1n) is 5.75. The van der Waals surface area contributed by atoms with E-state index in [1.165, 1.54) is 0 Å². The maximum atomic E-state index is 12.3. The van der Waals surface area contributed by atoms with Crippen LogP contribution < -0.4 is 5.73 Å². The quantitative estimate of drug-likeness (QED) is 0.745. The minimum absolute atomic E-state index is 0.0646. The van der Waals surface area contributed by atoms with E-state index in [0.717, 1.165) is 6.26 Å². The number of halogens is 3. The number of alkyl halides is 3. The largest absolute Gasteiger partial charge is 0.406 e. The Hall–Kier alpha value is -0.830. The lowest BCUT2D eigenvalue weighted by molar-refractivity contribution is -0.162. The standard InChI is InChI=1S/C10H19F3N2O3S/c1-3-5-15(7-10(11,12)13)9(16)8(14)4-6-19(2,17)18/h8H,3-7,14H2,1-2H3. The zero-order valence-electron chi connectivity index (χ0n) is 10.9. The van der Waals surface area contributed by atoms with E-state index in [0.29, 0.717) is 11.3 Å². The molecule has 0 heterocycles. The van der Waals surface area contributed by atoms with Crippen LogP contribution in [0.4, 0.5) is 13.2 Å². The van der Waals surface area contributed by atoms with Crippen molar-refractivity contribution >= 4 is 15.7 Å². The van der Waals surface area contributed by atoms with Crippen LogP contribution in [0.15, 0.2) is 0 Å². The molecule has 0 spiro atoms. The Morgan fingerprint density at radius 3 is 2.26 bits per heavy atom. The molecule has 2 N–H and O–H groups in total. The van der Waals surface area contributed by atoms with Gasteiger partial charge in [-0.05, 0) is 12.8 Å². The third-order valence-corrected chi connectivity index (χ3v) is 3.27. The highest BCUT2D eigenvalue weighted by molar-refractivity contribution is 7.90. The number of amides is 1. The van der Waals surface area contributed by atoms with Crippen molar-refractivity contribution < 1.29 is 26.4 Å². The van der Waals surface area contributed by atoms with Crippen LogP contribution in [0.5, 0.6) is 0 Å². The normalized spacial score (nSPS) is 14.2. The minimum atomic E-state index is -4.50. The van der Waals surface area contributed by atoms with E-state index in [9.17, 15) is 26.4 Å². The Morgan fingerprint density at radius 1 is 1.37 bits per heavy atom. The van der Waals surface area contributed by atoms with Gasteiger partial charge in [0.2, 0.25) is 5.91 Å². The fraction of sp³-hybridized carbons (Fsp3) is 0.900. The molecule has 0 bridgehead atoms. The highest BCUT2D eigenvalue weighted by Crippen LogP contribution is 2.17. The van der Waals surface area contributed by atoms with Crippen molar-refractivity contribution in [3.8, 4) is 0 Å². The summed E-state index contributed by atoms with van der Waals surface area (Å²) in [6.45, 7) is 0.204. The second-order valence-electron chi connectivity index (χ2n) is 4.40. The van der Waals surface area contributed by atoms with Crippen LogP contribution in [0.1, 0.15) is 19.8 Å². The molecule has 0 fully saturated rings. The van der Waals surface area contributed by atoms with E-state index in [4.69, 9.17) is 5.73 Å². The van der Waals surface area contributed by atoms with Crippen LogP contribution in [0, 0.1) is 0 Å². The molecule has 9 heteroatoms. The van der Waals surface area contributed by atoms with Gasteiger partial charge < -0.3 is 10.6 Å². The van der Waals surface area contributed by atoms with Crippen molar-refractivity contribution in [3.63, 3.8) is 0 Å². The predicted octanol–water partition coefficient (Wildman–Crippen LogP) is 0.549. The number of sulfone groups is 1. The monoisotopic (exact) mass is 304 g/mol. The summed E-state index contributed by atoms with van der Waals surface area (Å²) in [7, 11) is -3.30. The number of nitrogens with zero attached hydrogens (tertiary/aromatic N) is 1. The van der Waals surface area contributed by atoms with Crippen molar-refractivity contribution in [1.29, 1.82) is 0 Å². The Balaban J connectivity index is 4.62. The van der Waals surface area contributed by atoms with Gasteiger partial charge in [0.05, 0.1) is 11.8 Å². The topological polar surface area (TPSA) is 80.5 Å². The first kappa shape index (κ1) is 18.2. The number of carbonyl (C=O) groups is 1. The molecular weight excluding hydrogens is 285 g/mol. The summed E-state index contributed by atoms with van der Waals surface area (Å²) in [4.78, 5) is 12.4. The molecule has 0 aromatic rings. The minimum Gasteiger partial charge on any atom is -0.332 e. The third kappa shape index (κ3) is 8.82. The lowest BCUT2D eigenvalue weighted by atomic mass is 10.2. The van der Waals surface area contributed by atoms with Gasteiger partial charge in [-0.1, -0.05) is 6.92 Å². The highest BCUT2D eigenvalue weighted by Gasteiger charge is 2.34. The Labute approximate surface area is 110 Å². The van der Waals surface area contributed by atoms with Crippen molar-refractivity contribution in [2.75, 3.05) is 25.1 Å². The second-order valence-corrected chi connectivity index (χ2v) is 6.66. The third-order valence-electron chi connectivity index (χ3n) is 2.29. The fourth-order valence-corrected chi connectivity index (χ4v) is 2.13. The molecule has 1 atom stereocenters. The molecule has 0 aliphatic heterocycles. The zero-order chi connectivity index (χ0) is 15.3. The SMILES string of the molecule is CCCN(CC(F)(F)F)C(=O)C(N)CCS(C)(=O)=O. The van der Waals surface area contributed by atoms with Gasteiger partial charge in [-0.25, -0.2) is 8.42 Å². The van der Waals surface area contributed by atoms with Gasteiger partial charge in [0.15, 0.2) is 0 Å². The van der Waals surface area contributed by atoms with Crippen molar-refractivity contribution in [1.82, 2.24) is 4.90 Å². The van der Waals surface area contributed by atoms with Crippen LogP contribution in [0.25, 0.3) is 0 Å². The number of carbonyl (C=O) groups excluding carboxylic acids is 1. The van der Waals surface area contributed by atoms with Crippen LogP contribution in [-0.4, -0.2) is 56.5 Å². The first-order chi connectivity index (χ1) is 8.46. The van der Waals surface area contributed by atoms with Gasteiger partial charge in [-0.15, -0.1) is 0 Å². The van der Waals surface area contributed by atoms with Crippen molar-refractivity contribution in [2.45, 2.75) is 32.0 Å². The molecule has 0 radical (unpaired) electrons. The van der Waals surface area contributed by atoms with Crippen LogP contribution in [0.2, 0.25) is 0 Å². The summed E-state index contributed by atoms with van der Waals surface area (Å²) in [5, 5.41) is 0. The van der Waals surface area contributed by atoms with E-state index in [1.54, 1.807) is 6.92 Å². The van der Waals surface area contributed by atoms with Crippen LogP contribution in [-0.2, 0) is 14.6 Å². The van der Waals surface area contributed by atoms with E-state index >= 15 is 0 Å². The van der Waals surface area contributed by atoms with E-state index in [-0.39, 0.29) is 18.7 Å². The number of hydrogen-bond donors (Lipinski definition) is 1. The highest BCUT2D eigenvalue weighted by atomic mass is 32.2. The first-order valence-corrected chi connectivity index (χ1v) is 7.81. The van der Waals surface area contributed by atoms with Crippen LogP contribution in [0.3, 0.4) is 0 Å². The fourth-order valence-electron chi connectivity index (χ4n) is 1.45. The maximum absolute atomic E-state index is 12.3. The molecule has 5 nitrogen and oxygen atoms in total. The molecule has 0 saturated heterocycles. The van der Waals surface area contributed by atoms with Gasteiger partial charge in [0.25, 0.3) is 0 Å². The summed E-state index contributed by atoms with van der Waals surface area (Å²) in [6.07, 6.45) is -3.35. The smallest absolute Gasteiger partial charge is 0.332 e. The molecule has 1 amide bonds. The number of rotatable bonds is 7. The van der Waals surface area contributed by atoms with Crippen molar-refractivity contribution in [3.05, 3.63) is 0 Å². The Kier molecular flexibility index (Phi) is 6.78.